The van der Waals surface area contributed by atoms with Gasteiger partial charge in [-0.15, -0.1) is 24.8 Å². The number of halogens is 3. The Hall–Kier alpha value is -2.03. The number of nitrogens with zero attached hydrogens (tertiary/aromatic N) is 1. The van der Waals surface area contributed by atoms with E-state index in [1.54, 1.807) is 18.2 Å². The van der Waals surface area contributed by atoms with E-state index < -0.39 is 0 Å². The van der Waals surface area contributed by atoms with Gasteiger partial charge in [0, 0.05) is 59.9 Å². The lowest BCUT2D eigenvalue weighted by molar-refractivity contribution is 0.101. The van der Waals surface area contributed by atoms with Crippen molar-refractivity contribution < 1.29 is 14.6 Å². The summed E-state index contributed by atoms with van der Waals surface area (Å²) < 4.78 is 6.98. The van der Waals surface area contributed by atoms with Crippen LogP contribution >= 0.6 is 40.7 Å². The van der Waals surface area contributed by atoms with Crippen molar-refractivity contribution in [2.24, 2.45) is 0 Å². The number of fused-ring (bicyclic) bond motifs is 2. The molecule has 5 rings (SSSR count). The molecule has 1 saturated heterocycles. The van der Waals surface area contributed by atoms with E-state index in [0.717, 1.165) is 47.1 Å². The number of piperazine rings is 1. The number of carbonyl (C=O) groups excluding carboxylic acids is 1. The molecule has 31 heavy (non-hydrogen) atoms. The Labute approximate surface area is 200 Å². The summed E-state index contributed by atoms with van der Waals surface area (Å²) in [6, 6.07) is 9.18. The number of H-pyrrole nitrogens is 1. The van der Waals surface area contributed by atoms with Gasteiger partial charge < -0.3 is 20.1 Å². The Morgan fingerprint density at radius 3 is 2.71 bits per heavy atom. The number of benzene rings is 2. The average Bonchev–Trinajstić information content (AvgIpc) is 3.26. The van der Waals surface area contributed by atoms with Crippen LogP contribution in [0.3, 0.4) is 0 Å². The molecule has 3 N–H and O–H groups in total. The van der Waals surface area contributed by atoms with E-state index in [1.165, 1.54) is 0 Å². The minimum atomic E-state index is -0.161. The van der Waals surface area contributed by atoms with E-state index in [9.17, 15) is 9.90 Å². The fourth-order valence-corrected chi connectivity index (χ4v) is 4.28. The summed E-state index contributed by atoms with van der Waals surface area (Å²) in [7, 11) is 0. The largest absolute Gasteiger partial charge is 0.507 e. The van der Waals surface area contributed by atoms with E-state index in [-0.39, 0.29) is 42.1 Å². The van der Waals surface area contributed by atoms with Crippen molar-refractivity contribution in [2.75, 3.05) is 26.2 Å². The fourth-order valence-electron chi connectivity index (χ4n) is 3.92. The highest BCUT2D eigenvalue weighted by Gasteiger charge is 2.32. The number of ether oxygens (including phenoxy) is 1. The van der Waals surface area contributed by atoms with Gasteiger partial charge in [0.2, 0.25) is 5.78 Å². The van der Waals surface area contributed by atoms with Crippen LogP contribution in [-0.4, -0.2) is 47.0 Å². The molecular weight excluding hydrogens is 505 g/mol. The number of phenols is 1. The summed E-state index contributed by atoms with van der Waals surface area (Å²) in [6.45, 7) is 4.17. The van der Waals surface area contributed by atoms with Crippen LogP contribution in [0.5, 0.6) is 11.5 Å². The lowest BCUT2D eigenvalue weighted by atomic mass is 10.0. The van der Waals surface area contributed by atoms with Gasteiger partial charge in [0.1, 0.15) is 11.5 Å². The number of rotatable bonds is 3. The number of hydrogen-bond acceptors (Lipinski definition) is 5. The van der Waals surface area contributed by atoms with E-state index >= 15 is 0 Å². The summed E-state index contributed by atoms with van der Waals surface area (Å²) in [5, 5.41) is 14.8. The van der Waals surface area contributed by atoms with Crippen LogP contribution in [0.25, 0.3) is 17.0 Å². The summed E-state index contributed by atoms with van der Waals surface area (Å²) in [5.74, 6) is 0.743. The number of ketones is 1. The van der Waals surface area contributed by atoms with Crippen LogP contribution in [0.15, 0.2) is 46.8 Å². The van der Waals surface area contributed by atoms with E-state index in [1.807, 2.05) is 24.4 Å². The standard InChI is InChI=1S/C22H20BrN3O3.2ClH/c23-14-1-3-18-16(10-14)13(11-25-18)9-20-21(28)15-2-4-19(27)17(22(15)29-20)12-26-7-5-24-6-8-26;;/h1-4,9-11,24-25,27H,5-8,12H2;2*1H. The first kappa shape index (κ1) is 23.6. The lowest BCUT2D eigenvalue weighted by Gasteiger charge is -2.27. The van der Waals surface area contributed by atoms with Crippen LogP contribution in [0.1, 0.15) is 21.5 Å². The zero-order chi connectivity index (χ0) is 20.0. The van der Waals surface area contributed by atoms with Crippen LogP contribution in [-0.2, 0) is 6.54 Å². The van der Waals surface area contributed by atoms with Gasteiger partial charge in [-0.05, 0) is 36.4 Å². The zero-order valence-electron chi connectivity index (χ0n) is 16.5. The zero-order valence-corrected chi connectivity index (χ0v) is 19.7. The van der Waals surface area contributed by atoms with Gasteiger partial charge in [0.05, 0.1) is 11.1 Å². The molecule has 0 atom stereocenters. The summed E-state index contributed by atoms with van der Waals surface area (Å²) in [4.78, 5) is 18.4. The van der Waals surface area contributed by atoms with Gasteiger partial charge in [0.25, 0.3) is 0 Å². The predicted octanol–water partition coefficient (Wildman–Crippen LogP) is 4.50. The first-order valence-corrected chi connectivity index (χ1v) is 10.4. The maximum absolute atomic E-state index is 13.0. The second kappa shape index (κ2) is 9.63. The Bertz CT molecular complexity index is 1160. The molecule has 0 bridgehead atoms. The van der Waals surface area contributed by atoms with E-state index in [0.29, 0.717) is 23.4 Å². The molecule has 3 aromatic rings. The van der Waals surface area contributed by atoms with Crippen molar-refractivity contribution >= 4 is 63.5 Å². The predicted molar refractivity (Wildman–Crippen MR) is 130 cm³/mol. The lowest BCUT2D eigenvalue weighted by Crippen LogP contribution is -2.42. The van der Waals surface area contributed by atoms with Gasteiger partial charge >= 0.3 is 0 Å². The number of carbonyl (C=O) groups is 1. The average molecular weight is 527 g/mol. The van der Waals surface area contributed by atoms with Crippen LogP contribution in [0.4, 0.5) is 0 Å². The van der Waals surface area contributed by atoms with Gasteiger partial charge in [-0.1, -0.05) is 15.9 Å². The van der Waals surface area contributed by atoms with Crippen LogP contribution in [0, 0.1) is 0 Å². The number of aromatic amines is 1. The monoisotopic (exact) mass is 525 g/mol. The number of aromatic nitrogens is 1. The minimum absolute atomic E-state index is 0. The van der Waals surface area contributed by atoms with Crippen LogP contribution in [0.2, 0.25) is 0 Å². The molecule has 2 aromatic carbocycles. The number of allylic oxidation sites excluding steroid dienone is 1. The van der Waals surface area contributed by atoms with Crippen molar-refractivity contribution in [3.8, 4) is 11.5 Å². The molecule has 2 aliphatic heterocycles. The number of phenolic OH excluding ortho intramolecular Hbond substituents is 1. The first-order chi connectivity index (χ1) is 14.1. The summed E-state index contributed by atoms with van der Waals surface area (Å²) in [5.41, 5.74) is 3.04. The summed E-state index contributed by atoms with van der Waals surface area (Å²) >= 11 is 3.49. The highest BCUT2D eigenvalue weighted by molar-refractivity contribution is 9.10. The third-order valence-electron chi connectivity index (χ3n) is 5.47. The molecule has 0 saturated carbocycles. The maximum atomic E-state index is 13.0. The van der Waals surface area contributed by atoms with Crippen molar-refractivity contribution in [3.63, 3.8) is 0 Å². The number of aromatic hydroxyl groups is 1. The highest BCUT2D eigenvalue weighted by atomic mass is 79.9. The molecule has 2 aliphatic rings. The Balaban J connectivity index is 0.00000136. The minimum Gasteiger partial charge on any atom is -0.507 e. The first-order valence-electron chi connectivity index (χ1n) is 9.59. The van der Waals surface area contributed by atoms with Gasteiger partial charge in [-0.3, -0.25) is 9.69 Å². The molecule has 164 valence electrons. The van der Waals surface area contributed by atoms with Gasteiger partial charge in [0.15, 0.2) is 5.76 Å². The molecule has 1 fully saturated rings. The van der Waals surface area contributed by atoms with Crippen molar-refractivity contribution in [3.05, 3.63) is 63.5 Å². The molecule has 0 amide bonds. The number of Topliss-reactive ketones (excluding diaryl/α,β-unsaturated/α-hetero) is 1. The van der Waals surface area contributed by atoms with Gasteiger partial charge in [-0.2, -0.15) is 0 Å². The molecule has 0 aliphatic carbocycles. The molecular formula is C22H22BrCl2N3O3. The fraction of sp³-hybridized carbons (Fsp3) is 0.227. The van der Waals surface area contributed by atoms with E-state index in [4.69, 9.17) is 4.74 Å². The van der Waals surface area contributed by atoms with E-state index in [2.05, 4.69) is 31.1 Å². The smallest absolute Gasteiger partial charge is 0.231 e. The SMILES string of the molecule is Cl.Cl.O=C1C(=Cc2c[nH]c3ccc(Br)cc23)Oc2c1ccc(O)c2CN1CCNCC1. The highest BCUT2D eigenvalue weighted by Crippen LogP contribution is 2.40. The second-order valence-corrected chi connectivity index (χ2v) is 8.26. The summed E-state index contributed by atoms with van der Waals surface area (Å²) in [6.07, 6.45) is 3.63. The van der Waals surface area contributed by atoms with Gasteiger partial charge in [-0.25, -0.2) is 0 Å². The van der Waals surface area contributed by atoms with Crippen LogP contribution < -0.4 is 10.1 Å². The topological polar surface area (TPSA) is 77.6 Å². The third kappa shape index (κ3) is 4.47. The Morgan fingerprint density at radius 1 is 1.16 bits per heavy atom. The molecule has 3 heterocycles. The molecule has 0 unspecified atom stereocenters. The molecule has 9 heteroatoms. The quantitative estimate of drug-likeness (QED) is 0.438. The Kier molecular flexibility index (Phi) is 7.34. The molecule has 0 spiro atoms. The van der Waals surface area contributed by atoms with Crippen molar-refractivity contribution in [1.82, 2.24) is 15.2 Å². The third-order valence-corrected chi connectivity index (χ3v) is 5.96. The normalized spacial score (nSPS) is 17.2. The van der Waals surface area contributed by atoms with Crippen molar-refractivity contribution in [2.45, 2.75) is 6.54 Å². The Morgan fingerprint density at radius 2 is 1.94 bits per heavy atom. The molecule has 0 radical (unpaired) electrons. The number of hydrogen-bond donors (Lipinski definition) is 3. The van der Waals surface area contributed by atoms with Crippen molar-refractivity contribution in [1.29, 1.82) is 0 Å². The number of nitrogens with one attached hydrogen (secondary N) is 2. The molecule has 1 aromatic heterocycles. The molecule has 6 nitrogen and oxygen atoms in total. The maximum Gasteiger partial charge on any atom is 0.231 e. The second-order valence-electron chi connectivity index (χ2n) is 7.34.